The number of anilines is 2. The van der Waals surface area contributed by atoms with Gasteiger partial charge in [0.05, 0.1) is 23.9 Å². The van der Waals surface area contributed by atoms with Crippen molar-refractivity contribution in [2.45, 2.75) is 6.92 Å². The molecule has 0 unspecified atom stereocenters. The lowest BCUT2D eigenvalue weighted by Crippen LogP contribution is -2.29. The molecule has 1 aromatic carbocycles. The number of rotatable bonds is 8. The molecule has 3 rings (SSSR count). The van der Waals surface area contributed by atoms with Crippen LogP contribution in [-0.4, -0.2) is 66.9 Å². The number of carboxylic acids is 1. The van der Waals surface area contributed by atoms with Crippen molar-refractivity contribution in [3.8, 4) is 17.3 Å². The Morgan fingerprint density at radius 2 is 1.97 bits per heavy atom. The summed E-state index contributed by atoms with van der Waals surface area (Å²) in [6, 6.07) is 10.6. The number of aromatic nitrogens is 3. The van der Waals surface area contributed by atoms with Crippen LogP contribution in [0.25, 0.3) is 22.3 Å². The second-order valence-electron chi connectivity index (χ2n) is 7.06. The number of benzene rings is 1. The van der Waals surface area contributed by atoms with E-state index in [1.54, 1.807) is 30.2 Å². The zero-order chi connectivity index (χ0) is 22.5. The number of likely N-dealkylation sites (N-methyl/N-ethyl adjacent to an activating group) is 1. The highest BCUT2D eigenvalue weighted by molar-refractivity contribution is 6.01. The van der Waals surface area contributed by atoms with E-state index in [9.17, 15) is 15.2 Å². The Morgan fingerprint density at radius 3 is 2.58 bits per heavy atom. The average molecular weight is 420 g/mol. The number of methoxy groups -OCH3 is 1. The summed E-state index contributed by atoms with van der Waals surface area (Å²) in [6.45, 7) is 3.75. The van der Waals surface area contributed by atoms with E-state index in [0.29, 0.717) is 59.2 Å². The molecule has 3 aromatic rings. The molecule has 31 heavy (non-hydrogen) atoms. The third-order valence-corrected chi connectivity index (χ3v) is 4.82. The number of pyridine rings is 1. The minimum Gasteiger partial charge on any atom is -0.477 e. The summed E-state index contributed by atoms with van der Waals surface area (Å²) >= 11 is 0. The van der Waals surface area contributed by atoms with Crippen molar-refractivity contribution in [2.24, 2.45) is 0 Å². The maximum atomic E-state index is 11.7. The first-order valence-electron chi connectivity index (χ1n) is 9.77. The highest BCUT2D eigenvalue weighted by Gasteiger charge is 2.21. The molecular weight excluding hydrogens is 396 g/mol. The van der Waals surface area contributed by atoms with Crippen molar-refractivity contribution in [3.05, 3.63) is 41.6 Å². The molecule has 9 heteroatoms. The molecule has 0 aliphatic carbocycles. The summed E-state index contributed by atoms with van der Waals surface area (Å²) in [5, 5.41) is 18.9. The second-order valence-corrected chi connectivity index (χ2v) is 7.06. The molecule has 0 aliphatic rings. The van der Waals surface area contributed by atoms with Gasteiger partial charge in [0.25, 0.3) is 0 Å². The molecule has 0 radical (unpaired) electrons. The van der Waals surface area contributed by atoms with Gasteiger partial charge in [0.1, 0.15) is 16.7 Å². The molecule has 2 heterocycles. The third kappa shape index (κ3) is 4.54. The van der Waals surface area contributed by atoms with Gasteiger partial charge in [0, 0.05) is 39.9 Å². The Labute approximate surface area is 180 Å². The first kappa shape index (κ1) is 21.9. The first-order chi connectivity index (χ1) is 14.9. The number of nitriles is 1. The van der Waals surface area contributed by atoms with Gasteiger partial charge in [-0.05, 0) is 25.1 Å². The van der Waals surface area contributed by atoms with Gasteiger partial charge < -0.3 is 19.6 Å². The van der Waals surface area contributed by atoms with Crippen molar-refractivity contribution < 1.29 is 14.6 Å². The fraction of sp³-hybridized carbons (Fsp3) is 0.318. The Morgan fingerprint density at radius 1 is 1.19 bits per heavy atom. The van der Waals surface area contributed by atoms with E-state index in [4.69, 9.17) is 14.7 Å². The number of carboxylic acid groups (broad SMARTS) is 1. The zero-order valence-corrected chi connectivity index (χ0v) is 18.0. The topological polar surface area (TPSA) is 115 Å². The van der Waals surface area contributed by atoms with Gasteiger partial charge in [-0.1, -0.05) is 12.1 Å². The van der Waals surface area contributed by atoms with Crippen molar-refractivity contribution in [3.63, 3.8) is 0 Å². The molecule has 160 valence electrons. The van der Waals surface area contributed by atoms with E-state index in [0.717, 1.165) is 0 Å². The lowest BCUT2D eigenvalue weighted by atomic mass is 10.1. The van der Waals surface area contributed by atoms with Crippen LogP contribution in [-0.2, 0) is 4.74 Å². The maximum absolute atomic E-state index is 11.7. The van der Waals surface area contributed by atoms with Crippen LogP contribution in [0.5, 0.6) is 0 Å². The standard InChI is InChI=1S/C22H24N6O3/c1-5-28(9-10-31-4)22-25-18(15-8-6-7-14(11-15)13-23)20-19(26-22)17(27(2)3)12-16(24-20)21(29)30/h6-8,11-12H,5,9-10H2,1-4H3,(H,29,30). The Balaban J connectivity index is 2.39. The molecular formula is C22H24N6O3. The summed E-state index contributed by atoms with van der Waals surface area (Å²) in [5.41, 5.74) is 3.02. The second kappa shape index (κ2) is 9.36. The Kier molecular flexibility index (Phi) is 6.62. The normalized spacial score (nSPS) is 10.7. The van der Waals surface area contributed by atoms with E-state index < -0.39 is 5.97 Å². The van der Waals surface area contributed by atoms with E-state index in [1.165, 1.54) is 6.07 Å². The highest BCUT2D eigenvalue weighted by Crippen LogP contribution is 2.33. The number of carbonyl (C=O) groups is 1. The molecule has 0 fully saturated rings. The highest BCUT2D eigenvalue weighted by atomic mass is 16.5. The van der Waals surface area contributed by atoms with Gasteiger partial charge in [-0.25, -0.2) is 19.7 Å². The van der Waals surface area contributed by atoms with Crippen molar-refractivity contribution in [1.82, 2.24) is 15.0 Å². The Hall–Kier alpha value is -3.77. The summed E-state index contributed by atoms with van der Waals surface area (Å²) in [7, 11) is 5.27. The van der Waals surface area contributed by atoms with E-state index >= 15 is 0 Å². The van der Waals surface area contributed by atoms with Crippen LogP contribution >= 0.6 is 0 Å². The zero-order valence-electron chi connectivity index (χ0n) is 18.0. The predicted octanol–water partition coefficient (Wildman–Crippen LogP) is 2.80. The van der Waals surface area contributed by atoms with E-state index in [1.807, 2.05) is 32.0 Å². The molecule has 0 atom stereocenters. The van der Waals surface area contributed by atoms with Gasteiger partial charge >= 0.3 is 5.97 Å². The van der Waals surface area contributed by atoms with Crippen LogP contribution in [0.15, 0.2) is 30.3 Å². The fourth-order valence-corrected chi connectivity index (χ4v) is 3.21. The first-order valence-corrected chi connectivity index (χ1v) is 9.77. The minimum atomic E-state index is -1.14. The lowest BCUT2D eigenvalue weighted by molar-refractivity contribution is 0.0691. The third-order valence-electron chi connectivity index (χ3n) is 4.82. The molecule has 9 nitrogen and oxygen atoms in total. The Bertz CT molecular complexity index is 1160. The van der Waals surface area contributed by atoms with Crippen LogP contribution in [0, 0.1) is 11.3 Å². The molecule has 2 aromatic heterocycles. The predicted molar refractivity (Wildman–Crippen MR) is 119 cm³/mol. The van der Waals surface area contributed by atoms with Crippen molar-refractivity contribution in [2.75, 3.05) is 50.7 Å². The molecule has 0 saturated heterocycles. The van der Waals surface area contributed by atoms with Gasteiger partial charge in [0.2, 0.25) is 5.95 Å². The number of aromatic carboxylic acids is 1. The summed E-state index contributed by atoms with van der Waals surface area (Å²) in [5.74, 6) is -0.654. The van der Waals surface area contributed by atoms with Crippen LogP contribution in [0.3, 0.4) is 0 Å². The lowest BCUT2D eigenvalue weighted by Gasteiger charge is -2.23. The fourth-order valence-electron chi connectivity index (χ4n) is 3.21. The number of hydrogen-bond donors (Lipinski definition) is 1. The van der Waals surface area contributed by atoms with Crippen molar-refractivity contribution >= 4 is 28.6 Å². The quantitative estimate of drug-likeness (QED) is 0.587. The van der Waals surface area contributed by atoms with Crippen molar-refractivity contribution in [1.29, 1.82) is 5.26 Å². The average Bonchev–Trinajstić information content (AvgIpc) is 2.78. The van der Waals surface area contributed by atoms with Crippen LogP contribution in [0.2, 0.25) is 0 Å². The number of ether oxygens (including phenoxy) is 1. The summed E-state index contributed by atoms with van der Waals surface area (Å²) in [6.07, 6.45) is 0. The molecule has 0 bridgehead atoms. The van der Waals surface area contributed by atoms with Gasteiger partial charge in [-0.15, -0.1) is 0 Å². The van der Waals surface area contributed by atoms with Gasteiger partial charge in [-0.2, -0.15) is 5.26 Å². The van der Waals surface area contributed by atoms with Crippen LogP contribution in [0.1, 0.15) is 23.0 Å². The van der Waals surface area contributed by atoms with Gasteiger partial charge in [-0.3, -0.25) is 0 Å². The molecule has 1 N–H and O–H groups in total. The SMILES string of the molecule is CCN(CCOC)c1nc(-c2cccc(C#N)c2)c2nc(C(=O)O)cc(N(C)C)c2n1. The molecule has 0 saturated carbocycles. The largest absolute Gasteiger partial charge is 0.477 e. The number of fused-ring (bicyclic) bond motifs is 1. The smallest absolute Gasteiger partial charge is 0.354 e. The summed E-state index contributed by atoms with van der Waals surface area (Å²) < 4.78 is 5.21. The molecule has 0 aliphatic heterocycles. The van der Waals surface area contributed by atoms with E-state index in [2.05, 4.69) is 11.1 Å². The monoisotopic (exact) mass is 420 g/mol. The van der Waals surface area contributed by atoms with E-state index in [-0.39, 0.29) is 5.69 Å². The number of nitrogens with zero attached hydrogens (tertiary/aromatic N) is 6. The maximum Gasteiger partial charge on any atom is 0.354 e. The molecule has 0 spiro atoms. The minimum absolute atomic E-state index is 0.100. The number of hydrogen-bond acceptors (Lipinski definition) is 8. The van der Waals surface area contributed by atoms with Crippen LogP contribution in [0.4, 0.5) is 11.6 Å². The summed E-state index contributed by atoms with van der Waals surface area (Å²) in [4.78, 5) is 29.4. The molecule has 0 amide bonds. The van der Waals surface area contributed by atoms with Crippen LogP contribution < -0.4 is 9.80 Å². The van der Waals surface area contributed by atoms with Gasteiger partial charge in [0.15, 0.2) is 5.69 Å².